The average Bonchev–Trinajstić information content (AvgIpc) is 2.19. The SMILES string of the molecule is Cc1cccc(C)c1[N+]1=CNCCC1.[Pt]. The van der Waals surface area contributed by atoms with Gasteiger partial charge in [0.2, 0.25) is 6.34 Å². The predicted octanol–water partition coefficient (Wildman–Crippen LogP) is 1.97. The minimum atomic E-state index is 0. The molecule has 3 heteroatoms. The summed E-state index contributed by atoms with van der Waals surface area (Å²) in [7, 11) is 0. The van der Waals surface area contributed by atoms with E-state index in [1.807, 2.05) is 0 Å². The van der Waals surface area contributed by atoms with Crippen molar-refractivity contribution in [2.45, 2.75) is 20.3 Å². The van der Waals surface area contributed by atoms with Gasteiger partial charge in [0.25, 0.3) is 0 Å². The molecule has 2 nitrogen and oxygen atoms in total. The molecule has 84 valence electrons. The Bertz CT molecular complexity index is 352. The Morgan fingerprint density at radius 3 is 2.40 bits per heavy atom. The van der Waals surface area contributed by atoms with Crippen molar-refractivity contribution < 1.29 is 25.6 Å². The molecule has 1 aromatic carbocycles. The first-order valence-corrected chi connectivity index (χ1v) is 5.18. The van der Waals surface area contributed by atoms with E-state index in [-0.39, 0.29) is 21.1 Å². The summed E-state index contributed by atoms with van der Waals surface area (Å²) in [6.45, 7) is 6.57. The monoisotopic (exact) mass is 384 g/mol. The molecule has 1 aliphatic heterocycles. The molecule has 0 atom stereocenters. The van der Waals surface area contributed by atoms with Crippen LogP contribution in [0.15, 0.2) is 18.2 Å². The van der Waals surface area contributed by atoms with Crippen LogP contribution in [0.3, 0.4) is 0 Å². The summed E-state index contributed by atoms with van der Waals surface area (Å²) >= 11 is 0. The van der Waals surface area contributed by atoms with Gasteiger partial charge in [-0.15, -0.1) is 0 Å². The van der Waals surface area contributed by atoms with Crippen LogP contribution < -0.4 is 5.32 Å². The fraction of sp³-hybridized carbons (Fsp3) is 0.417. The molecule has 0 unspecified atom stereocenters. The Balaban J connectivity index is 0.00000112. The van der Waals surface area contributed by atoms with Crippen LogP contribution in [-0.2, 0) is 21.1 Å². The largest absolute Gasteiger partial charge is 0.281 e. The second kappa shape index (κ2) is 5.46. The van der Waals surface area contributed by atoms with Crippen molar-refractivity contribution in [2.75, 3.05) is 13.1 Å². The van der Waals surface area contributed by atoms with Crippen LogP contribution in [0.5, 0.6) is 0 Å². The zero-order valence-electron chi connectivity index (χ0n) is 9.19. The van der Waals surface area contributed by atoms with E-state index in [1.54, 1.807) is 0 Å². The van der Waals surface area contributed by atoms with Crippen LogP contribution in [0, 0.1) is 13.8 Å². The van der Waals surface area contributed by atoms with Crippen LogP contribution in [0.4, 0.5) is 5.69 Å². The number of nitrogens with zero attached hydrogens (tertiary/aromatic N) is 1. The van der Waals surface area contributed by atoms with Crippen LogP contribution in [0.1, 0.15) is 17.5 Å². The molecule has 1 heterocycles. The predicted molar refractivity (Wildman–Crippen MR) is 59.4 cm³/mol. The molecule has 15 heavy (non-hydrogen) atoms. The van der Waals surface area contributed by atoms with Crippen molar-refractivity contribution in [2.24, 2.45) is 0 Å². The third-order valence-corrected chi connectivity index (χ3v) is 2.69. The molecule has 0 amide bonds. The number of benzene rings is 1. The number of rotatable bonds is 1. The molecular weight excluding hydrogens is 367 g/mol. The van der Waals surface area contributed by atoms with Gasteiger partial charge in [-0.05, 0) is 25.0 Å². The minimum absolute atomic E-state index is 0. The van der Waals surface area contributed by atoms with Crippen molar-refractivity contribution in [3.63, 3.8) is 0 Å². The van der Waals surface area contributed by atoms with Gasteiger partial charge in [-0.25, -0.2) is 4.58 Å². The Morgan fingerprint density at radius 1 is 1.20 bits per heavy atom. The van der Waals surface area contributed by atoms with E-state index in [9.17, 15) is 0 Å². The molecule has 0 saturated carbocycles. The Hall–Kier alpha value is -0.622. The summed E-state index contributed by atoms with van der Waals surface area (Å²) < 4.78 is 2.31. The van der Waals surface area contributed by atoms with Crippen LogP contribution in [0.2, 0.25) is 0 Å². The van der Waals surface area contributed by atoms with Crippen molar-refractivity contribution >= 4 is 12.0 Å². The molecular formula is C12H17N2Pt+. The maximum atomic E-state index is 3.29. The number of aryl methyl sites for hydroxylation is 2. The first-order valence-electron chi connectivity index (χ1n) is 5.18. The topological polar surface area (TPSA) is 15.0 Å². The van der Waals surface area contributed by atoms with E-state index < -0.39 is 0 Å². The van der Waals surface area contributed by atoms with Gasteiger partial charge in [0.15, 0.2) is 0 Å². The molecule has 0 bridgehead atoms. The minimum Gasteiger partial charge on any atom is -0.281 e. The van der Waals surface area contributed by atoms with Gasteiger partial charge < -0.3 is 0 Å². The fourth-order valence-electron chi connectivity index (χ4n) is 2.03. The number of hydrogen-bond donors (Lipinski definition) is 1. The zero-order valence-corrected chi connectivity index (χ0v) is 11.5. The maximum Gasteiger partial charge on any atom is 0.237 e. The quantitative estimate of drug-likeness (QED) is 0.732. The zero-order chi connectivity index (χ0) is 9.97. The van der Waals surface area contributed by atoms with E-state index >= 15 is 0 Å². The molecule has 0 radical (unpaired) electrons. The summed E-state index contributed by atoms with van der Waals surface area (Å²) in [4.78, 5) is 0. The molecule has 1 aromatic rings. The van der Waals surface area contributed by atoms with E-state index in [4.69, 9.17) is 0 Å². The Labute approximate surface area is 106 Å². The first-order chi connectivity index (χ1) is 6.79. The molecule has 1 N–H and O–H groups in total. The first kappa shape index (κ1) is 12.4. The summed E-state index contributed by atoms with van der Waals surface area (Å²) in [5, 5.41) is 3.29. The van der Waals surface area contributed by atoms with Gasteiger partial charge in [-0.3, -0.25) is 5.32 Å². The normalized spacial score (nSPS) is 14.9. The van der Waals surface area contributed by atoms with Gasteiger partial charge in [-0.2, -0.15) is 0 Å². The van der Waals surface area contributed by atoms with E-state index in [2.05, 4.69) is 48.3 Å². The van der Waals surface area contributed by atoms with Crippen LogP contribution >= 0.6 is 0 Å². The molecule has 0 aromatic heterocycles. The van der Waals surface area contributed by atoms with Crippen molar-refractivity contribution in [1.82, 2.24) is 5.32 Å². The van der Waals surface area contributed by atoms with Gasteiger partial charge in [0.1, 0.15) is 5.69 Å². The van der Waals surface area contributed by atoms with Gasteiger partial charge >= 0.3 is 0 Å². The van der Waals surface area contributed by atoms with Crippen molar-refractivity contribution in [3.05, 3.63) is 29.3 Å². The number of nitrogens with one attached hydrogen (secondary N) is 1. The van der Waals surface area contributed by atoms with Crippen LogP contribution in [0.25, 0.3) is 0 Å². The standard InChI is InChI=1S/C12H16N2.Pt/c1-10-5-3-6-11(2)12(10)14-8-4-7-13-9-14;/h3,5-6,9H,4,7-8H2,1-2H3;/p+1. The van der Waals surface area contributed by atoms with Gasteiger partial charge in [0.05, 0.1) is 13.1 Å². The molecule has 1 aliphatic rings. The molecule has 2 rings (SSSR count). The summed E-state index contributed by atoms with van der Waals surface area (Å²) in [6.07, 6.45) is 3.31. The second-order valence-electron chi connectivity index (χ2n) is 3.87. The van der Waals surface area contributed by atoms with Crippen LogP contribution in [-0.4, -0.2) is 24.0 Å². The number of hydrogen-bond acceptors (Lipinski definition) is 1. The Morgan fingerprint density at radius 2 is 1.87 bits per heavy atom. The van der Waals surface area contributed by atoms with E-state index in [1.165, 1.54) is 23.2 Å². The maximum absolute atomic E-state index is 3.29. The molecule has 0 fully saturated rings. The van der Waals surface area contributed by atoms with E-state index in [0.29, 0.717) is 0 Å². The Kier molecular flexibility index (Phi) is 4.53. The third kappa shape index (κ3) is 2.69. The number of para-hydroxylation sites is 1. The molecule has 0 spiro atoms. The fourth-order valence-corrected chi connectivity index (χ4v) is 2.03. The molecule has 0 saturated heterocycles. The van der Waals surface area contributed by atoms with Gasteiger partial charge in [0, 0.05) is 27.5 Å². The van der Waals surface area contributed by atoms with Crippen molar-refractivity contribution in [3.8, 4) is 0 Å². The van der Waals surface area contributed by atoms with E-state index in [0.717, 1.165) is 13.1 Å². The summed E-state index contributed by atoms with van der Waals surface area (Å²) in [5.41, 5.74) is 4.06. The second-order valence-corrected chi connectivity index (χ2v) is 3.87. The molecule has 0 aliphatic carbocycles. The van der Waals surface area contributed by atoms with Gasteiger partial charge in [-0.1, -0.05) is 18.2 Å². The van der Waals surface area contributed by atoms with Crippen molar-refractivity contribution in [1.29, 1.82) is 0 Å². The average molecular weight is 384 g/mol. The summed E-state index contributed by atoms with van der Waals surface area (Å²) in [6, 6.07) is 6.46. The smallest absolute Gasteiger partial charge is 0.237 e. The third-order valence-electron chi connectivity index (χ3n) is 2.69. The summed E-state index contributed by atoms with van der Waals surface area (Å²) in [5.74, 6) is 0.